The highest BCUT2D eigenvalue weighted by Crippen LogP contribution is 2.36. The number of rotatable bonds is 4. The van der Waals surface area contributed by atoms with Crippen LogP contribution < -0.4 is 4.74 Å². The van der Waals surface area contributed by atoms with Gasteiger partial charge in [0.2, 0.25) is 0 Å². The molecule has 0 spiro atoms. The molecule has 1 aliphatic carbocycles. The van der Waals surface area contributed by atoms with Crippen LogP contribution in [0, 0.1) is 0 Å². The molecule has 0 heterocycles. The van der Waals surface area contributed by atoms with E-state index in [9.17, 15) is 5.11 Å². The zero-order valence-electron chi connectivity index (χ0n) is 10.5. The van der Waals surface area contributed by atoms with Gasteiger partial charge in [-0.05, 0) is 29.7 Å². The quantitative estimate of drug-likeness (QED) is 0.924. The summed E-state index contributed by atoms with van der Waals surface area (Å²) in [6, 6.07) is 13.9. The molecule has 0 fully saturated rings. The fraction of sp³-hybridized carbons (Fsp3) is 0.250. The Morgan fingerprint density at radius 2 is 2.00 bits per heavy atom. The molecule has 2 aromatic rings. The highest BCUT2D eigenvalue weighted by Gasteiger charge is 2.26. The Kier molecular flexibility index (Phi) is 3.45. The average molecular weight is 275 g/mol. The predicted octanol–water partition coefficient (Wildman–Crippen LogP) is 3.55. The van der Waals surface area contributed by atoms with Crippen molar-refractivity contribution in [2.45, 2.75) is 18.9 Å². The van der Waals surface area contributed by atoms with Crippen LogP contribution in [-0.4, -0.2) is 11.7 Å². The third-order valence-electron chi connectivity index (χ3n) is 3.64. The van der Waals surface area contributed by atoms with Gasteiger partial charge in [0.05, 0.1) is 13.2 Å². The zero-order valence-corrected chi connectivity index (χ0v) is 11.2. The molecule has 0 bridgehead atoms. The Hall–Kier alpha value is -1.51. The minimum atomic E-state index is -0.101. The summed E-state index contributed by atoms with van der Waals surface area (Å²) in [6.07, 6.45) is 1.06. The molecule has 0 saturated heterocycles. The van der Waals surface area contributed by atoms with Gasteiger partial charge < -0.3 is 9.84 Å². The highest BCUT2D eigenvalue weighted by atomic mass is 35.5. The molecule has 1 aliphatic rings. The highest BCUT2D eigenvalue weighted by molar-refractivity contribution is 6.31. The first-order valence-corrected chi connectivity index (χ1v) is 6.76. The molecule has 1 unspecified atom stereocenters. The van der Waals surface area contributed by atoms with Crippen molar-refractivity contribution >= 4 is 11.6 Å². The molecule has 19 heavy (non-hydrogen) atoms. The van der Waals surface area contributed by atoms with Crippen LogP contribution in [0.2, 0.25) is 5.02 Å². The molecule has 0 amide bonds. The molecule has 1 atom stereocenters. The molecular formula is C16H15ClO2. The van der Waals surface area contributed by atoms with Gasteiger partial charge in [0, 0.05) is 16.5 Å². The number of ether oxygens (including phenoxy) is 1. The van der Waals surface area contributed by atoms with Gasteiger partial charge in [0.15, 0.2) is 0 Å². The Balaban J connectivity index is 1.70. The van der Waals surface area contributed by atoms with E-state index in [-0.39, 0.29) is 6.61 Å². The zero-order chi connectivity index (χ0) is 13.2. The molecule has 0 aromatic heterocycles. The second-order valence-electron chi connectivity index (χ2n) is 4.79. The lowest BCUT2D eigenvalue weighted by Gasteiger charge is -2.30. The number of benzene rings is 2. The third-order valence-corrected chi connectivity index (χ3v) is 3.99. The molecule has 0 saturated carbocycles. The standard InChI is InChI=1S/C16H15ClO2/c17-15-6-3-7-16(14(15)9-18)19-10-12-8-11-4-1-2-5-13(11)12/h1-7,12,18H,8-10H2. The fourth-order valence-electron chi connectivity index (χ4n) is 2.53. The van der Waals surface area contributed by atoms with Crippen LogP contribution in [0.4, 0.5) is 0 Å². The van der Waals surface area contributed by atoms with Crippen molar-refractivity contribution in [1.82, 2.24) is 0 Å². The monoisotopic (exact) mass is 274 g/mol. The van der Waals surface area contributed by atoms with Crippen LogP contribution in [0.25, 0.3) is 0 Å². The lowest BCUT2D eigenvalue weighted by atomic mass is 9.78. The lowest BCUT2D eigenvalue weighted by Crippen LogP contribution is -2.23. The van der Waals surface area contributed by atoms with Crippen molar-refractivity contribution in [3.8, 4) is 5.75 Å². The maximum atomic E-state index is 9.33. The van der Waals surface area contributed by atoms with E-state index in [0.717, 1.165) is 6.42 Å². The van der Waals surface area contributed by atoms with Crippen LogP contribution >= 0.6 is 11.6 Å². The molecule has 2 aromatic carbocycles. The summed E-state index contributed by atoms with van der Waals surface area (Å²) < 4.78 is 5.83. The summed E-state index contributed by atoms with van der Waals surface area (Å²) in [7, 11) is 0. The fourth-order valence-corrected chi connectivity index (χ4v) is 2.75. The van der Waals surface area contributed by atoms with Crippen LogP contribution in [-0.2, 0) is 13.0 Å². The summed E-state index contributed by atoms with van der Waals surface area (Å²) in [5, 5.41) is 9.88. The van der Waals surface area contributed by atoms with E-state index in [2.05, 4.69) is 24.3 Å². The molecule has 2 nitrogen and oxygen atoms in total. The first kappa shape index (κ1) is 12.5. The Labute approximate surface area is 117 Å². The van der Waals surface area contributed by atoms with Crippen molar-refractivity contribution in [2.24, 2.45) is 0 Å². The molecule has 0 radical (unpaired) electrons. The van der Waals surface area contributed by atoms with Gasteiger partial charge in [-0.3, -0.25) is 0 Å². The number of fused-ring (bicyclic) bond motifs is 1. The molecule has 1 N–H and O–H groups in total. The number of hydrogen-bond donors (Lipinski definition) is 1. The maximum absolute atomic E-state index is 9.33. The molecule has 98 valence electrons. The van der Waals surface area contributed by atoms with Crippen LogP contribution in [0.15, 0.2) is 42.5 Å². The van der Waals surface area contributed by atoms with Crippen molar-refractivity contribution in [2.75, 3.05) is 6.61 Å². The SMILES string of the molecule is OCc1c(Cl)cccc1OCC1Cc2ccccc21. The van der Waals surface area contributed by atoms with E-state index in [1.807, 2.05) is 12.1 Å². The predicted molar refractivity (Wildman–Crippen MR) is 75.8 cm³/mol. The van der Waals surface area contributed by atoms with Crippen LogP contribution in [0.3, 0.4) is 0 Å². The van der Waals surface area contributed by atoms with Crippen LogP contribution in [0.5, 0.6) is 5.75 Å². The lowest BCUT2D eigenvalue weighted by molar-refractivity contribution is 0.248. The second kappa shape index (κ2) is 5.24. The number of hydrogen-bond acceptors (Lipinski definition) is 2. The maximum Gasteiger partial charge on any atom is 0.126 e. The van der Waals surface area contributed by atoms with Crippen molar-refractivity contribution in [3.05, 3.63) is 64.2 Å². The second-order valence-corrected chi connectivity index (χ2v) is 5.19. The van der Waals surface area contributed by atoms with E-state index in [0.29, 0.717) is 28.9 Å². The smallest absolute Gasteiger partial charge is 0.126 e. The Morgan fingerprint density at radius 1 is 1.16 bits per heavy atom. The summed E-state index contributed by atoms with van der Waals surface area (Å²) in [6.45, 7) is 0.528. The van der Waals surface area contributed by atoms with Gasteiger partial charge in [-0.25, -0.2) is 0 Å². The first-order valence-electron chi connectivity index (χ1n) is 6.38. The third kappa shape index (κ3) is 2.34. The van der Waals surface area contributed by atoms with Gasteiger partial charge >= 0.3 is 0 Å². The van der Waals surface area contributed by atoms with E-state index in [1.165, 1.54) is 11.1 Å². The average Bonchev–Trinajstić information content (AvgIpc) is 2.40. The Morgan fingerprint density at radius 3 is 2.79 bits per heavy atom. The van der Waals surface area contributed by atoms with Crippen molar-refractivity contribution < 1.29 is 9.84 Å². The van der Waals surface area contributed by atoms with Gasteiger partial charge in [-0.2, -0.15) is 0 Å². The summed E-state index contributed by atoms with van der Waals surface area (Å²) in [4.78, 5) is 0. The minimum absolute atomic E-state index is 0.101. The number of aliphatic hydroxyl groups excluding tert-OH is 1. The Bertz CT molecular complexity index is 595. The van der Waals surface area contributed by atoms with Gasteiger partial charge in [-0.1, -0.05) is 41.9 Å². The summed E-state index contributed by atoms with van der Waals surface area (Å²) >= 11 is 6.03. The van der Waals surface area contributed by atoms with Crippen molar-refractivity contribution in [1.29, 1.82) is 0 Å². The number of aliphatic hydroxyl groups is 1. The van der Waals surface area contributed by atoms with Gasteiger partial charge in [0.1, 0.15) is 5.75 Å². The van der Waals surface area contributed by atoms with Gasteiger partial charge in [-0.15, -0.1) is 0 Å². The molecule has 3 rings (SSSR count). The topological polar surface area (TPSA) is 29.5 Å². The largest absolute Gasteiger partial charge is 0.493 e. The van der Waals surface area contributed by atoms with E-state index in [1.54, 1.807) is 6.07 Å². The first-order chi connectivity index (χ1) is 9.29. The summed E-state index contributed by atoms with van der Waals surface area (Å²) in [5.41, 5.74) is 3.44. The van der Waals surface area contributed by atoms with E-state index >= 15 is 0 Å². The number of halogens is 1. The minimum Gasteiger partial charge on any atom is -0.493 e. The van der Waals surface area contributed by atoms with Gasteiger partial charge in [0.25, 0.3) is 0 Å². The molecule has 0 aliphatic heterocycles. The van der Waals surface area contributed by atoms with E-state index < -0.39 is 0 Å². The van der Waals surface area contributed by atoms with Crippen molar-refractivity contribution in [3.63, 3.8) is 0 Å². The van der Waals surface area contributed by atoms with E-state index in [4.69, 9.17) is 16.3 Å². The molecule has 3 heteroatoms. The van der Waals surface area contributed by atoms with Crippen LogP contribution in [0.1, 0.15) is 22.6 Å². The molecular weight excluding hydrogens is 260 g/mol. The normalized spacial score (nSPS) is 16.6. The summed E-state index contributed by atoms with van der Waals surface area (Å²) in [5.74, 6) is 1.13.